The van der Waals surface area contributed by atoms with Gasteiger partial charge in [-0.3, -0.25) is 11.3 Å². The molecule has 2 atom stereocenters. The molecule has 1 aromatic rings. The maximum absolute atomic E-state index is 12.2. The first-order valence-electron chi connectivity index (χ1n) is 7.35. The lowest BCUT2D eigenvalue weighted by Crippen LogP contribution is -2.43. The van der Waals surface area contributed by atoms with E-state index in [9.17, 15) is 8.42 Å². The van der Waals surface area contributed by atoms with Crippen LogP contribution in [0.2, 0.25) is 0 Å². The van der Waals surface area contributed by atoms with Crippen LogP contribution in [0.15, 0.2) is 24.3 Å². The molecule has 112 valence electrons. The molecular weight excluding hydrogens is 272 g/mol. The van der Waals surface area contributed by atoms with E-state index in [0.29, 0.717) is 6.42 Å². The highest BCUT2D eigenvalue weighted by Crippen LogP contribution is 2.30. The van der Waals surface area contributed by atoms with Crippen LogP contribution in [0.3, 0.4) is 0 Å². The van der Waals surface area contributed by atoms with E-state index in [1.807, 2.05) is 12.1 Å². The van der Waals surface area contributed by atoms with Crippen molar-refractivity contribution in [3.8, 4) is 0 Å². The highest BCUT2D eigenvalue weighted by atomic mass is 32.2. The number of hydrogen-bond donors (Lipinski definition) is 2. The zero-order valence-electron chi connectivity index (χ0n) is 12.0. The molecule has 2 rings (SSSR count). The second-order valence-corrected chi connectivity index (χ2v) is 7.88. The van der Waals surface area contributed by atoms with Crippen molar-refractivity contribution in [3.63, 3.8) is 0 Å². The number of nitrogens with one attached hydrogen (secondary N) is 1. The van der Waals surface area contributed by atoms with Crippen molar-refractivity contribution in [1.29, 1.82) is 0 Å². The average Bonchev–Trinajstić information content (AvgIpc) is 2.43. The van der Waals surface area contributed by atoms with Crippen molar-refractivity contribution in [1.82, 2.24) is 5.43 Å². The van der Waals surface area contributed by atoms with Gasteiger partial charge >= 0.3 is 0 Å². The summed E-state index contributed by atoms with van der Waals surface area (Å²) in [4.78, 5) is 0. The quantitative estimate of drug-likeness (QED) is 0.645. The summed E-state index contributed by atoms with van der Waals surface area (Å²) < 4.78 is 24.5. The number of hydrogen-bond acceptors (Lipinski definition) is 4. The van der Waals surface area contributed by atoms with Crippen LogP contribution in [-0.2, 0) is 16.3 Å². The van der Waals surface area contributed by atoms with Crippen molar-refractivity contribution >= 4 is 9.84 Å². The SMILES string of the molecule is CCCc1ccc(C(NN)C2CCCCS2(=O)=O)cc1. The Labute approximate surface area is 121 Å². The van der Waals surface area contributed by atoms with Crippen LogP contribution in [0.1, 0.15) is 49.8 Å². The van der Waals surface area contributed by atoms with Crippen LogP contribution in [0.4, 0.5) is 0 Å². The lowest BCUT2D eigenvalue weighted by atomic mass is 9.98. The van der Waals surface area contributed by atoms with Gasteiger partial charge in [0.2, 0.25) is 0 Å². The molecule has 0 spiro atoms. The van der Waals surface area contributed by atoms with E-state index in [-0.39, 0.29) is 11.8 Å². The lowest BCUT2D eigenvalue weighted by molar-refractivity contribution is 0.454. The topological polar surface area (TPSA) is 72.2 Å². The molecule has 1 aromatic carbocycles. The summed E-state index contributed by atoms with van der Waals surface area (Å²) in [6, 6.07) is 7.83. The Morgan fingerprint density at radius 2 is 2.00 bits per heavy atom. The van der Waals surface area contributed by atoms with E-state index in [1.165, 1.54) is 5.56 Å². The summed E-state index contributed by atoms with van der Waals surface area (Å²) >= 11 is 0. The van der Waals surface area contributed by atoms with Gasteiger partial charge in [0.05, 0.1) is 17.0 Å². The smallest absolute Gasteiger partial charge is 0.155 e. The van der Waals surface area contributed by atoms with Gasteiger partial charge in [0.1, 0.15) is 0 Å². The summed E-state index contributed by atoms with van der Waals surface area (Å²) in [6.45, 7) is 2.15. The summed E-state index contributed by atoms with van der Waals surface area (Å²) in [5, 5.41) is -0.404. The van der Waals surface area contributed by atoms with Crippen molar-refractivity contribution < 1.29 is 8.42 Å². The van der Waals surface area contributed by atoms with Gasteiger partial charge in [-0.15, -0.1) is 0 Å². The molecule has 1 heterocycles. The standard InChI is InChI=1S/C15H24N2O2S/c1-2-5-12-7-9-13(10-8-12)15(17-16)14-6-3-4-11-20(14,18)19/h7-10,14-15,17H,2-6,11,16H2,1H3. The van der Waals surface area contributed by atoms with E-state index in [2.05, 4.69) is 24.5 Å². The molecule has 0 aromatic heterocycles. The number of rotatable bonds is 5. The minimum Gasteiger partial charge on any atom is -0.271 e. The third-order valence-corrected chi connectivity index (χ3v) is 6.35. The Bertz CT molecular complexity index is 525. The fourth-order valence-electron chi connectivity index (χ4n) is 2.95. The van der Waals surface area contributed by atoms with E-state index < -0.39 is 15.1 Å². The van der Waals surface area contributed by atoms with Gasteiger partial charge in [0, 0.05) is 0 Å². The van der Waals surface area contributed by atoms with Gasteiger partial charge in [-0.05, 0) is 30.4 Å². The zero-order chi connectivity index (χ0) is 14.6. The average molecular weight is 296 g/mol. The van der Waals surface area contributed by atoms with Crippen LogP contribution in [0.25, 0.3) is 0 Å². The first-order chi connectivity index (χ1) is 9.58. The van der Waals surface area contributed by atoms with Crippen LogP contribution < -0.4 is 11.3 Å². The molecule has 0 radical (unpaired) electrons. The summed E-state index contributed by atoms with van der Waals surface area (Å²) in [7, 11) is -3.05. The molecule has 3 N–H and O–H groups in total. The summed E-state index contributed by atoms with van der Waals surface area (Å²) in [5.41, 5.74) is 4.95. The predicted octanol–water partition coefficient (Wildman–Crippen LogP) is 2.11. The second-order valence-electron chi connectivity index (χ2n) is 5.54. The second kappa shape index (κ2) is 6.70. The minimum absolute atomic E-state index is 0.282. The van der Waals surface area contributed by atoms with Crippen LogP contribution in [-0.4, -0.2) is 19.4 Å². The molecule has 4 nitrogen and oxygen atoms in total. The van der Waals surface area contributed by atoms with Gasteiger partial charge in [0.25, 0.3) is 0 Å². The van der Waals surface area contributed by atoms with E-state index in [1.54, 1.807) is 0 Å². The maximum atomic E-state index is 12.2. The van der Waals surface area contributed by atoms with Crippen LogP contribution in [0.5, 0.6) is 0 Å². The van der Waals surface area contributed by atoms with E-state index in [4.69, 9.17) is 5.84 Å². The lowest BCUT2D eigenvalue weighted by Gasteiger charge is -2.30. The minimum atomic E-state index is -3.05. The summed E-state index contributed by atoms with van der Waals surface area (Å²) in [6.07, 6.45) is 4.56. The maximum Gasteiger partial charge on any atom is 0.155 e. The zero-order valence-corrected chi connectivity index (χ0v) is 12.8. The van der Waals surface area contributed by atoms with E-state index in [0.717, 1.165) is 31.2 Å². The Morgan fingerprint density at radius 1 is 1.30 bits per heavy atom. The molecule has 1 aliphatic rings. The van der Waals surface area contributed by atoms with Gasteiger partial charge in [-0.2, -0.15) is 0 Å². The highest BCUT2D eigenvalue weighted by Gasteiger charge is 2.35. The first kappa shape index (κ1) is 15.5. The predicted molar refractivity (Wildman–Crippen MR) is 81.9 cm³/mol. The normalized spacial score (nSPS) is 23.4. The Balaban J connectivity index is 2.23. The number of hydrazine groups is 1. The fourth-order valence-corrected chi connectivity index (χ4v) is 5.04. The van der Waals surface area contributed by atoms with Gasteiger partial charge < -0.3 is 0 Å². The Kier molecular flexibility index (Phi) is 5.18. The third-order valence-electron chi connectivity index (χ3n) is 4.06. The van der Waals surface area contributed by atoms with Crippen molar-refractivity contribution in [3.05, 3.63) is 35.4 Å². The first-order valence-corrected chi connectivity index (χ1v) is 9.06. The van der Waals surface area contributed by atoms with E-state index >= 15 is 0 Å². The molecule has 0 aliphatic carbocycles. The molecular formula is C15H24N2O2S. The van der Waals surface area contributed by atoms with Gasteiger partial charge in [-0.25, -0.2) is 8.42 Å². The molecule has 0 bridgehead atoms. The van der Waals surface area contributed by atoms with Gasteiger partial charge in [0.15, 0.2) is 9.84 Å². The molecule has 1 saturated heterocycles. The van der Waals surface area contributed by atoms with Crippen LogP contribution in [0, 0.1) is 0 Å². The fraction of sp³-hybridized carbons (Fsp3) is 0.600. The molecule has 5 heteroatoms. The molecule has 1 aliphatic heterocycles. The number of nitrogens with two attached hydrogens (primary N) is 1. The number of aryl methyl sites for hydroxylation is 1. The Morgan fingerprint density at radius 3 is 2.55 bits per heavy atom. The van der Waals surface area contributed by atoms with Gasteiger partial charge in [-0.1, -0.05) is 44.0 Å². The molecule has 20 heavy (non-hydrogen) atoms. The highest BCUT2D eigenvalue weighted by molar-refractivity contribution is 7.92. The van der Waals surface area contributed by atoms with Crippen LogP contribution >= 0.6 is 0 Å². The largest absolute Gasteiger partial charge is 0.271 e. The van der Waals surface area contributed by atoms with Crippen molar-refractivity contribution in [2.24, 2.45) is 5.84 Å². The molecule has 0 amide bonds. The molecule has 2 unspecified atom stereocenters. The Hall–Kier alpha value is -0.910. The monoisotopic (exact) mass is 296 g/mol. The molecule has 1 fully saturated rings. The van der Waals surface area contributed by atoms with Crippen molar-refractivity contribution in [2.45, 2.75) is 50.3 Å². The molecule has 0 saturated carbocycles. The summed E-state index contributed by atoms with van der Waals surface area (Å²) in [5.74, 6) is 5.92. The number of benzene rings is 1. The van der Waals surface area contributed by atoms with Crippen molar-refractivity contribution in [2.75, 3.05) is 5.75 Å². The number of sulfone groups is 1. The third kappa shape index (κ3) is 3.40.